The Morgan fingerprint density at radius 3 is 1.41 bits per heavy atom. The number of nitrogens with two attached hydrogens (primary N) is 2. The van der Waals surface area contributed by atoms with Crippen LogP contribution in [0.15, 0.2) is 204 Å². The number of hydrogen-bond acceptors (Lipinski definition) is 10. The van der Waals surface area contributed by atoms with Gasteiger partial charge in [0, 0.05) is 125 Å². The van der Waals surface area contributed by atoms with Crippen molar-refractivity contribution in [2.45, 2.75) is 38.4 Å². The summed E-state index contributed by atoms with van der Waals surface area (Å²) in [6.45, 7) is 4.87. The molecule has 0 aliphatic carbocycles. The Hall–Kier alpha value is -6.55. The summed E-state index contributed by atoms with van der Waals surface area (Å²) in [6.07, 6.45) is 5.37. The van der Waals surface area contributed by atoms with Crippen molar-refractivity contribution in [1.82, 2.24) is 34.9 Å². The number of pyridine rings is 5. The van der Waals surface area contributed by atoms with E-state index in [1.807, 2.05) is 104 Å². The van der Waals surface area contributed by atoms with Gasteiger partial charge in [-0.05, 0) is 109 Å². The van der Waals surface area contributed by atoms with Gasteiger partial charge < -0.3 is 11.5 Å². The molecule has 4 N–H and O–H groups in total. The van der Waals surface area contributed by atoms with Crippen LogP contribution in [-0.2, 0) is 24.6 Å². The molecular formula is C59H45Br6F3N12. The van der Waals surface area contributed by atoms with E-state index in [4.69, 9.17) is 17.0 Å². The third kappa shape index (κ3) is 15.7. The minimum Gasteiger partial charge on any atom is -0.398 e. The molecule has 0 radical (unpaired) electrons. The van der Waals surface area contributed by atoms with E-state index in [9.17, 15) is 13.2 Å². The molecule has 6 aromatic carbocycles. The normalized spacial score (nSPS) is 10.7. The van der Waals surface area contributed by atoms with Crippen LogP contribution in [0.4, 0.5) is 18.9 Å². The van der Waals surface area contributed by atoms with E-state index in [1.54, 1.807) is 30.7 Å². The van der Waals surface area contributed by atoms with Gasteiger partial charge >= 0.3 is 6.18 Å². The number of nitrogen functional groups attached to an aromatic ring is 1. The maximum absolute atomic E-state index is 12.5. The van der Waals surface area contributed by atoms with E-state index in [0.29, 0.717) is 24.0 Å². The lowest BCUT2D eigenvalue weighted by molar-refractivity contribution is -0.144. The minimum atomic E-state index is -4.53. The molecule has 12 nitrogen and oxygen atoms in total. The van der Waals surface area contributed by atoms with Crippen LogP contribution in [0.2, 0.25) is 0 Å². The van der Waals surface area contributed by atoms with Crippen molar-refractivity contribution < 1.29 is 13.2 Å². The second-order valence-electron chi connectivity index (χ2n) is 17.0. The highest BCUT2D eigenvalue weighted by atomic mass is 79.9. The van der Waals surface area contributed by atoms with Crippen molar-refractivity contribution in [3.8, 4) is 0 Å². The lowest BCUT2D eigenvalue weighted by Crippen LogP contribution is -2.10. The first kappa shape index (κ1) is 61.1. The number of fused-ring (bicyclic) bond motifs is 7. The van der Waals surface area contributed by atoms with Gasteiger partial charge in [-0.2, -0.15) is 13.2 Å². The molecule has 404 valence electrons. The summed E-state index contributed by atoms with van der Waals surface area (Å²) in [5.74, 6) is -1.13. The summed E-state index contributed by atoms with van der Waals surface area (Å²) in [6, 6.07) is 44.7. The maximum atomic E-state index is 12.5. The average Bonchev–Trinajstić information content (AvgIpc) is 3.51. The summed E-state index contributed by atoms with van der Waals surface area (Å²) in [4.78, 5) is 31.0. The van der Waals surface area contributed by atoms with Crippen molar-refractivity contribution in [2.75, 3.05) is 5.73 Å². The second-order valence-corrected chi connectivity index (χ2v) is 21.8. The molecule has 0 aliphatic rings. The summed E-state index contributed by atoms with van der Waals surface area (Å²) in [5.41, 5.74) is 30.7. The van der Waals surface area contributed by atoms with Crippen molar-refractivity contribution in [1.29, 1.82) is 0 Å². The fourth-order valence-electron chi connectivity index (χ4n) is 7.79. The maximum Gasteiger partial charge on any atom is 0.451 e. The van der Waals surface area contributed by atoms with Gasteiger partial charge in [-0.1, -0.05) is 167 Å². The number of nitrogens with zero attached hydrogens (tertiary/aromatic N) is 10. The molecule has 0 unspecified atom stereocenters. The minimum absolute atomic E-state index is 0.239. The monoisotopic (exact) mass is 1450 g/mol. The highest BCUT2D eigenvalue weighted by Crippen LogP contribution is 2.31. The van der Waals surface area contributed by atoms with Crippen molar-refractivity contribution >= 4 is 167 Å². The van der Waals surface area contributed by atoms with Gasteiger partial charge in [-0.3, -0.25) is 24.9 Å². The van der Waals surface area contributed by atoms with E-state index in [-0.39, 0.29) is 5.52 Å². The van der Waals surface area contributed by atoms with Crippen LogP contribution in [0.25, 0.3) is 75.9 Å². The average molecular weight is 1460 g/mol. The lowest BCUT2D eigenvalue weighted by atomic mass is 10.1. The molecule has 0 atom stereocenters. The molecule has 12 rings (SSSR count). The Balaban J connectivity index is 0.000000140. The third-order valence-electron chi connectivity index (χ3n) is 12.0. The fourth-order valence-corrected chi connectivity index (χ4v) is 10.8. The molecule has 0 saturated carbocycles. The Bertz CT molecular complexity index is 4060. The van der Waals surface area contributed by atoms with Crippen LogP contribution < -0.4 is 11.5 Å². The van der Waals surface area contributed by atoms with Gasteiger partial charge in [0.05, 0.1) is 39.6 Å². The fraction of sp³-hybridized carbons (Fsp3) is 0.102. The summed E-state index contributed by atoms with van der Waals surface area (Å²) >= 11 is 20.7. The van der Waals surface area contributed by atoms with Gasteiger partial charge in [0.25, 0.3) is 0 Å². The van der Waals surface area contributed by atoms with Crippen LogP contribution in [0.1, 0.15) is 33.6 Å². The van der Waals surface area contributed by atoms with Crippen molar-refractivity contribution in [2.24, 2.45) is 10.8 Å². The number of anilines is 1. The predicted molar refractivity (Wildman–Crippen MR) is 339 cm³/mol. The molecule has 12 aromatic rings. The van der Waals surface area contributed by atoms with Crippen LogP contribution in [-0.4, -0.2) is 34.9 Å². The Morgan fingerprint density at radius 1 is 0.500 bits per heavy atom. The predicted octanol–water partition coefficient (Wildman–Crippen LogP) is 19.0. The van der Waals surface area contributed by atoms with Crippen LogP contribution in [0, 0.1) is 13.8 Å². The Kier molecular flexibility index (Phi) is 22.3. The number of azide groups is 1. The molecule has 0 bridgehead atoms. The summed E-state index contributed by atoms with van der Waals surface area (Å²) in [7, 11) is 0. The first-order valence-corrected chi connectivity index (χ1v) is 29.0. The topological polar surface area (TPSA) is 191 Å². The first-order chi connectivity index (χ1) is 38.5. The number of rotatable bonds is 4. The third-order valence-corrected chi connectivity index (χ3v) is 16.5. The van der Waals surface area contributed by atoms with Gasteiger partial charge in [0.2, 0.25) is 5.82 Å². The standard InChI is InChI=1S/C12H6F3N3.C10H7Br2N.C10H7BrN4.C10H9BrN2.C10H8BrN.C7H8BrN/c13-12(14,15)11-17-6-8-9(18-11)4-3-7-2-1-5-16-10(7)8;11-6-8-9(12)4-3-7-2-1-5-13-10(7)8;11-9-4-3-7-2-1-5-13-10(7)8(9)6-14-15-12;11-9-4-3-7-2-1-5-13-10(7)8(9)6-12;1-7-9(11)5-4-8-3-2-6-12-10(7)8;1-5-6(8)3-2-4-7(5)9/h1-6H;1-5H,6H2;1-5H,6H2;1-5H,6,12H2;2-6H,1H3;2-4H,9H2,1H3. The number of halogens is 9. The summed E-state index contributed by atoms with van der Waals surface area (Å²) < 4.78 is 42.7. The molecule has 0 fully saturated rings. The van der Waals surface area contributed by atoms with E-state index >= 15 is 0 Å². The Morgan fingerprint density at radius 2 is 0.925 bits per heavy atom. The van der Waals surface area contributed by atoms with Gasteiger partial charge in [0.1, 0.15) is 0 Å². The zero-order valence-electron chi connectivity index (χ0n) is 42.4. The molecule has 0 spiro atoms. The summed E-state index contributed by atoms with van der Waals surface area (Å²) in [5, 5.41) is 10.3. The molecule has 80 heavy (non-hydrogen) atoms. The quantitative estimate of drug-likeness (QED) is 0.0431. The molecule has 21 heteroatoms. The molecule has 0 amide bonds. The number of aryl methyl sites for hydroxylation is 1. The molecule has 0 aliphatic heterocycles. The van der Waals surface area contributed by atoms with E-state index in [1.165, 1.54) is 34.2 Å². The second kappa shape index (κ2) is 29.2. The number of benzene rings is 6. The molecular weight excluding hydrogens is 1410 g/mol. The number of aromatic nitrogens is 7. The zero-order valence-corrected chi connectivity index (χ0v) is 51.9. The van der Waals surface area contributed by atoms with Gasteiger partial charge in [0.15, 0.2) is 0 Å². The lowest BCUT2D eigenvalue weighted by Gasteiger charge is -2.06. The SMILES string of the molecule is BrCc1c(Br)ccc2cccnc12.Cc1c(Br)ccc2cccnc12.Cc1c(N)cccc1Br.FC(F)(F)c1ncc2c(ccc3cccnc32)n1.NCc1c(Br)ccc2cccnc12.[N-]=[N+]=NCc1c(Br)ccc2cccnc12. The van der Waals surface area contributed by atoms with Crippen LogP contribution in [0.3, 0.4) is 0 Å². The smallest absolute Gasteiger partial charge is 0.398 e. The Labute approximate surface area is 508 Å². The van der Waals surface area contributed by atoms with Crippen LogP contribution in [0.5, 0.6) is 0 Å². The van der Waals surface area contributed by atoms with Crippen molar-refractivity contribution in [3.63, 3.8) is 0 Å². The van der Waals surface area contributed by atoms with Crippen LogP contribution >= 0.6 is 95.6 Å². The first-order valence-electron chi connectivity index (χ1n) is 24.0. The van der Waals surface area contributed by atoms with Gasteiger partial charge in [-0.25, -0.2) is 9.97 Å². The molecule has 6 heterocycles. The number of alkyl halides is 4. The highest BCUT2D eigenvalue weighted by molar-refractivity contribution is 9.11. The number of hydrogen-bond donors (Lipinski definition) is 2. The molecule has 0 saturated heterocycles. The van der Waals surface area contributed by atoms with E-state index < -0.39 is 12.0 Å². The zero-order chi connectivity index (χ0) is 57.3. The largest absolute Gasteiger partial charge is 0.451 e. The van der Waals surface area contributed by atoms with E-state index in [0.717, 1.165) is 88.3 Å². The van der Waals surface area contributed by atoms with Gasteiger partial charge in [-0.15, -0.1) is 0 Å². The van der Waals surface area contributed by atoms with E-state index in [2.05, 4.69) is 184 Å². The molecule has 6 aromatic heterocycles. The van der Waals surface area contributed by atoms with Crippen molar-refractivity contribution in [3.05, 3.63) is 243 Å². The highest BCUT2D eigenvalue weighted by Gasteiger charge is 2.34.